The maximum atomic E-state index is 12.4. The quantitative estimate of drug-likeness (QED) is 0.756. The van der Waals surface area contributed by atoms with E-state index >= 15 is 0 Å². The number of carbonyl (C=O) groups is 3. The maximum Gasteiger partial charge on any atom is 0.341 e. The van der Waals surface area contributed by atoms with Gasteiger partial charge in [-0.15, -0.1) is 11.3 Å². The van der Waals surface area contributed by atoms with Crippen molar-refractivity contribution in [3.05, 3.63) is 40.3 Å². The Kier molecular flexibility index (Phi) is 6.35. The Hall–Kier alpha value is -2.87. The summed E-state index contributed by atoms with van der Waals surface area (Å²) in [6.45, 7) is 4.52. The van der Waals surface area contributed by atoms with E-state index in [-0.39, 0.29) is 11.5 Å². The van der Waals surface area contributed by atoms with E-state index in [2.05, 4.69) is 10.6 Å². The molecule has 8 heteroatoms. The highest BCUT2D eigenvalue weighted by Crippen LogP contribution is 2.33. The van der Waals surface area contributed by atoms with E-state index < -0.39 is 18.5 Å². The number of para-hydroxylation sites is 2. The van der Waals surface area contributed by atoms with E-state index in [9.17, 15) is 14.4 Å². The van der Waals surface area contributed by atoms with Gasteiger partial charge >= 0.3 is 5.97 Å². The zero-order valence-corrected chi connectivity index (χ0v) is 15.8. The number of anilines is 2. The standard InChI is InChI=1S/C18H20N2O5S/c1-10-11(2)26-17(19-12(3)21)16(10)18(23)25-9-15(22)20-13-7-5-6-8-14(13)24-4/h5-8H,9H2,1-4H3,(H,19,21)(H,20,22). The first-order chi connectivity index (χ1) is 12.3. The number of carbonyl (C=O) groups excluding carboxylic acids is 3. The second-order valence-corrected chi connectivity index (χ2v) is 6.72. The first-order valence-corrected chi connectivity index (χ1v) is 8.62. The van der Waals surface area contributed by atoms with Crippen LogP contribution in [0.1, 0.15) is 27.7 Å². The zero-order chi connectivity index (χ0) is 19.3. The smallest absolute Gasteiger partial charge is 0.341 e. The Morgan fingerprint density at radius 2 is 1.81 bits per heavy atom. The van der Waals surface area contributed by atoms with Crippen molar-refractivity contribution in [1.29, 1.82) is 0 Å². The Bertz CT molecular complexity index is 844. The lowest BCUT2D eigenvalue weighted by atomic mass is 10.1. The molecule has 2 rings (SSSR count). The molecular weight excluding hydrogens is 356 g/mol. The van der Waals surface area contributed by atoms with Crippen molar-refractivity contribution in [3.63, 3.8) is 0 Å². The molecule has 1 aromatic heterocycles. The molecule has 0 fully saturated rings. The average molecular weight is 376 g/mol. The Labute approximate surface area is 155 Å². The Balaban J connectivity index is 2.04. The number of hydrogen-bond donors (Lipinski definition) is 2. The minimum absolute atomic E-state index is 0.271. The molecular formula is C18H20N2O5S. The first-order valence-electron chi connectivity index (χ1n) is 7.81. The van der Waals surface area contributed by atoms with E-state index in [4.69, 9.17) is 9.47 Å². The summed E-state index contributed by atoms with van der Waals surface area (Å²) in [6, 6.07) is 6.92. The van der Waals surface area contributed by atoms with E-state index in [0.717, 1.165) is 4.88 Å². The molecule has 0 bridgehead atoms. The molecule has 2 amide bonds. The van der Waals surface area contributed by atoms with E-state index in [1.165, 1.54) is 25.4 Å². The number of ether oxygens (including phenoxy) is 2. The van der Waals surface area contributed by atoms with Gasteiger partial charge in [-0.1, -0.05) is 12.1 Å². The largest absolute Gasteiger partial charge is 0.495 e. The van der Waals surface area contributed by atoms with Crippen molar-refractivity contribution in [3.8, 4) is 5.75 Å². The van der Waals surface area contributed by atoms with Gasteiger partial charge in [-0.25, -0.2) is 4.79 Å². The summed E-state index contributed by atoms with van der Waals surface area (Å²) < 4.78 is 10.3. The number of aryl methyl sites for hydroxylation is 1. The minimum Gasteiger partial charge on any atom is -0.495 e. The Morgan fingerprint density at radius 1 is 1.12 bits per heavy atom. The molecule has 26 heavy (non-hydrogen) atoms. The summed E-state index contributed by atoms with van der Waals surface area (Å²) in [5, 5.41) is 5.67. The fourth-order valence-electron chi connectivity index (χ4n) is 2.26. The van der Waals surface area contributed by atoms with Gasteiger partial charge in [0.2, 0.25) is 5.91 Å². The summed E-state index contributed by atoms with van der Waals surface area (Å²) >= 11 is 1.29. The molecule has 0 aliphatic carbocycles. The van der Waals surface area contributed by atoms with Crippen LogP contribution in [0.3, 0.4) is 0 Å². The number of rotatable bonds is 6. The molecule has 0 spiro atoms. The van der Waals surface area contributed by atoms with Crippen LogP contribution in [0.25, 0.3) is 0 Å². The number of thiophene rings is 1. The summed E-state index contributed by atoms with van der Waals surface area (Å²) in [4.78, 5) is 36.6. The van der Waals surface area contributed by atoms with Crippen molar-refractivity contribution in [2.24, 2.45) is 0 Å². The third-order valence-corrected chi connectivity index (χ3v) is 4.72. The molecule has 2 N–H and O–H groups in total. The number of nitrogens with one attached hydrogen (secondary N) is 2. The van der Waals surface area contributed by atoms with Crippen LogP contribution in [-0.4, -0.2) is 31.5 Å². The number of esters is 1. The molecule has 0 aliphatic rings. The van der Waals surface area contributed by atoms with E-state index in [0.29, 0.717) is 22.0 Å². The summed E-state index contributed by atoms with van der Waals surface area (Å²) in [6.07, 6.45) is 0. The fourth-order valence-corrected chi connectivity index (χ4v) is 3.35. The molecule has 0 aliphatic heterocycles. The van der Waals surface area contributed by atoms with Crippen LogP contribution in [-0.2, 0) is 14.3 Å². The number of hydrogen-bond acceptors (Lipinski definition) is 6. The van der Waals surface area contributed by atoms with Gasteiger partial charge in [0.05, 0.1) is 18.4 Å². The third kappa shape index (κ3) is 4.60. The highest BCUT2D eigenvalue weighted by atomic mass is 32.1. The average Bonchev–Trinajstić information content (AvgIpc) is 2.86. The molecule has 0 saturated heterocycles. The molecule has 0 radical (unpaired) electrons. The number of amides is 2. The predicted octanol–water partition coefficient (Wildman–Crippen LogP) is 3.13. The summed E-state index contributed by atoms with van der Waals surface area (Å²) in [7, 11) is 1.50. The second-order valence-electron chi connectivity index (χ2n) is 5.49. The lowest BCUT2D eigenvalue weighted by Gasteiger charge is -2.10. The van der Waals surface area contributed by atoms with Gasteiger partial charge in [0.15, 0.2) is 6.61 Å². The van der Waals surface area contributed by atoms with Gasteiger partial charge in [-0.05, 0) is 31.5 Å². The molecule has 0 atom stereocenters. The second kappa shape index (κ2) is 8.48. The van der Waals surface area contributed by atoms with Gasteiger partial charge < -0.3 is 20.1 Å². The summed E-state index contributed by atoms with van der Waals surface area (Å²) in [5.74, 6) is -0.932. The highest BCUT2D eigenvalue weighted by molar-refractivity contribution is 7.16. The van der Waals surface area contributed by atoms with Crippen LogP contribution >= 0.6 is 11.3 Å². The molecule has 1 heterocycles. The van der Waals surface area contributed by atoms with Crippen LogP contribution in [0.15, 0.2) is 24.3 Å². The topological polar surface area (TPSA) is 93.7 Å². The van der Waals surface area contributed by atoms with Crippen molar-refractivity contribution >= 4 is 39.8 Å². The van der Waals surface area contributed by atoms with Gasteiger partial charge in [0.1, 0.15) is 10.8 Å². The SMILES string of the molecule is COc1ccccc1NC(=O)COC(=O)c1c(NC(C)=O)sc(C)c1C. The zero-order valence-electron chi connectivity index (χ0n) is 15.0. The number of methoxy groups -OCH3 is 1. The predicted molar refractivity (Wildman–Crippen MR) is 100 cm³/mol. The lowest BCUT2D eigenvalue weighted by Crippen LogP contribution is -2.22. The normalized spacial score (nSPS) is 10.2. The fraction of sp³-hybridized carbons (Fsp3) is 0.278. The van der Waals surface area contributed by atoms with Crippen LogP contribution in [0, 0.1) is 13.8 Å². The van der Waals surface area contributed by atoms with Gasteiger partial charge in [-0.2, -0.15) is 0 Å². The molecule has 7 nitrogen and oxygen atoms in total. The molecule has 2 aromatic rings. The molecule has 1 aromatic carbocycles. The van der Waals surface area contributed by atoms with E-state index in [1.54, 1.807) is 31.2 Å². The highest BCUT2D eigenvalue weighted by Gasteiger charge is 2.22. The monoisotopic (exact) mass is 376 g/mol. The first kappa shape index (κ1) is 19.5. The van der Waals surface area contributed by atoms with E-state index in [1.807, 2.05) is 6.92 Å². The minimum atomic E-state index is -0.661. The Morgan fingerprint density at radius 3 is 2.46 bits per heavy atom. The third-order valence-electron chi connectivity index (χ3n) is 3.59. The number of benzene rings is 1. The van der Waals surface area contributed by atoms with Crippen molar-refractivity contribution in [1.82, 2.24) is 0 Å². The van der Waals surface area contributed by atoms with Crippen molar-refractivity contribution in [2.75, 3.05) is 24.4 Å². The lowest BCUT2D eigenvalue weighted by molar-refractivity contribution is -0.119. The van der Waals surface area contributed by atoms with Crippen molar-refractivity contribution < 1.29 is 23.9 Å². The van der Waals surface area contributed by atoms with Gasteiger partial charge in [-0.3, -0.25) is 9.59 Å². The molecule has 138 valence electrons. The van der Waals surface area contributed by atoms with Crippen LogP contribution in [0.2, 0.25) is 0 Å². The van der Waals surface area contributed by atoms with Crippen LogP contribution in [0.4, 0.5) is 10.7 Å². The molecule has 0 saturated carbocycles. The summed E-state index contributed by atoms with van der Waals surface area (Å²) in [5.41, 5.74) is 1.47. The molecule has 0 unspecified atom stereocenters. The van der Waals surface area contributed by atoms with Crippen molar-refractivity contribution in [2.45, 2.75) is 20.8 Å². The van der Waals surface area contributed by atoms with Gasteiger partial charge in [0.25, 0.3) is 5.91 Å². The van der Waals surface area contributed by atoms with Gasteiger partial charge in [0, 0.05) is 11.8 Å². The van der Waals surface area contributed by atoms with Crippen LogP contribution < -0.4 is 15.4 Å². The van der Waals surface area contributed by atoms with Crippen LogP contribution in [0.5, 0.6) is 5.75 Å². The maximum absolute atomic E-state index is 12.4.